The van der Waals surface area contributed by atoms with E-state index in [1.165, 1.54) is 29.6 Å². The van der Waals surface area contributed by atoms with E-state index < -0.39 is 115 Å². The lowest BCUT2D eigenvalue weighted by Crippen LogP contribution is -2.63. The Balaban J connectivity index is 0.959. The molecule has 2 aromatic carbocycles. The summed E-state index contributed by atoms with van der Waals surface area (Å²) in [7, 11) is 0.815. The van der Waals surface area contributed by atoms with E-state index in [1.54, 1.807) is 0 Å². The lowest BCUT2D eigenvalue weighted by Gasteiger charge is -2.48. The largest absolute Gasteiger partial charge is 0.465 e. The van der Waals surface area contributed by atoms with E-state index in [2.05, 4.69) is 46.6 Å². The summed E-state index contributed by atoms with van der Waals surface area (Å²) in [6.07, 6.45) is -11.9. The number of halogens is 10. The van der Waals surface area contributed by atoms with Gasteiger partial charge in [0.15, 0.2) is 0 Å². The fourth-order valence-electron chi connectivity index (χ4n) is 12.7. The summed E-state index contributed by atoms with van der Waals surface area (Å²) >= 11 is 0. The number of fused-ring (bicyclic) bond motifs is 4. The van der Waals surface area contributed by atoms with Gasteiger partial charge in [-0.3, -0.25) is 24.8 Å². The van der Waals surface area contributed by atoms with E-state index in [-0.39, 0.29) is 51.5 Å². The number of carbonyl (C=O) groups excluding carboxylic acids is 3. The second-order valence-corrected chi connectivity index (χ2v) is 25.1. The van der Waals surface area contributed by atoms with Crippen molar-refractivity contribution in [3.05, 3.63) is 82.8 Å². The van der Waals surface area contributed by atoms with Crippen molar-refractivity contribution in [2.75, 3.05) is 76.1 Å². The van der Waals surface area contributed by atoms with Gasteiger partial charge in [0.25, 0.3) is 5.91 Å². The molecule has 0 spiro atoms. The zero-order valence-electron chi connectivity index (χ0n) is 50.6. The number of aliphatic hydroxyl groups excluding tert-OH is 1. The molecule has 10 rings (SSSR count). The maximum absolute atomic E-state index is 16.2. The highest BCUT2D eigenvalue weighted by molar-refractivity contribution is 5.87. The molecule has 0 saturated carbocycles. The summed E-state index contributed by atoms with van der Waals surface area (Å²) in [6, 6.07) is 3.13. The molecule has 8 heterocycles. The molecule has 92 heavy (non-hydrogen) atoms. The molecule has 8 atom stereocenters. The van der Waals surface area contributed by atoms with E-state index in [4.69, 9.17) is 24.4 Å². The summed E-state index contributed by atoms with van der Waals surface area (Å²) in [5, 5.41) is 31.5. The summed E-state index contributed by atoms with van der Waals surface area (Å²) in [6.45, 7) is 2.14. The van der Waals surface area contributed by atoms with Gasteiger partial charge in [0.1, 0.15) is 23.7 Å². The summed E-state index contributed by atoms with van der Waals surface area (Å²) < 4.78 is 163. The lowest BCUT2D eigenvalue weighted by molar-refractivity contribution is -0.221. The van der Waals surface area contributed by atoms with Crippen molar-refractivity contribution >= 4 is 35.9 Å². The van der Waals surface area contributed by atoms with E-state index in [0.717, 1.165) is 45.1 Å². The number of carbonyl (C=O) groups is 4. The molecule has 6 aliphatic rings. The lowest BCUT2D eigenvalue weighted by atomic mass is 9.82. The monoisotopic (exact) mass is 1310 g/mol. The minimum atomic E-state index is -5.30. The van der Waals surface area contributed by atoms with Crippen molar-refractivity contribution in [3.63, 3.8) is 0 Å². The van der Waals surface area contributed by atoms with Crippen molar-refractivity contribution in [1.29, 1.82) is 0 Å². The molecule has 4 bridgehead atoms. The average molecular weight is 1310 g/mol. The molecule has 2 unspecified atom stereocenters. The normalized spacial score (nSPS) is 22.0. The highest BCUT2D eigenvalue weighted by atomic mass is 19.4. The van der Waals surface area contributed by atoms with Crippen LogP contribution in [0.4, 0.5) is 65.4 Å². The van der Waals surface area contributed by atoms with E-state index in [0.29, 0.717) is 127 Å². The third kappa shape index (κ3) is 14.4. The molecular formula is C59H70F10N14O9. The van der Waals surface area contributed by atoms with Crippen LogP contribution in [-0.2, 0) is 36.8 Å². The quantitative estimate of drug-likeness (QED) is 0.0348. The van der Waals surface area contributed by atoms with Gasteiger partial charge in [0, 0.05) is 86.3 Å². The Labute approximate surface area is 521 Å². The highest BCUT2D eigenvalue weighted by Gasteiger charge is 2.58. The number of hydrogen-bond donors (Lipinski definition) is 6. The first-order chi connectivity index (χ1) is 43.4. The van der Waals surface area contributed by atoms with Gasteiger partial charge in [-0.05, 0) is 102 Å². The fourth-order valence-corrected chi connectivity index (χ4v) is 12.7. The van der Waals surface area contributed by atoms with E-state index in [9.17, 15) is 64.5 Å². The number of benzene rings is 2. The number of hydrogen-bond acceptors (Lipinski definition) is 17. The zero-order valence-corrected chi connectivity index (χ0v) is 50.6. The molecule has 0 aliphatic carbocycles. The SMILES string of the molecule is COC(=O)N[C@H](C(=O)N[C@@H](Cc1ccc(C#Cc2nc(N3CC4CCC(C3)N4C3COC3)nc(N3C[C@H]4CC[C@@H](C3)N4C3COC3)n2)cc1)[C@@H](O)CN(Cc1c(F)cc(-c2ccn(C(F)F)n2)cc1F)NC(=O)[C@@H](NC(=O)O)C(C)(C)C(F)(F)F)C(C)(C)C(F)(F)F. The number of carboxylic acid groups (broad SMARTS) is 1. The van der Waals surface area contributed by atoms with Crippen LogP contribution < -0.4 is 31.2 Å². The molecule has 500 valence electrons. The molecule has 6 saturated heterocycles. The second-order valence-electron chi connectivity index (χ2n) is 25.1. The maximum Gasteiger partial charge on any atom is 0.407 e. The minimum Gasteiger partial charge on any atom is -0.465 e. The minimum absolute atomic E-state index is 0.183. The Morgan fingerprint density at radius 3 is 1.64 bits per heavy atom. The number of aliphatic hydroxyl groups is 1. The van der Waals surface area contributed by atoms with Crippen LogP contribution in [0, 0.1) is 34.3 Å². The number of nitrogens with zero attached hydrogens (tertiary/aromatic N) is 10. The Bertz CT molecular complexity index is 3300. The molecular weight excluding hydrogens is 1240 g/mol. The zero-order chi connectivity index (χ0) is 66.4. The smallest absolute Gasteiger partial charge is 0.407 e. The van der Waals surface area contributed by atoms with Crippen LogP contribution in [0.15, 0.2) is 48.7 Å². The fraction of sp³-hybridized carbons (Fsp3) is 0.593. The standard InChI is InChI=1S/C59H70F10N14O9/c1-56(2,58(64,65)66)47(74-55(89)90-5)49(85)70-44(45(84)26-80(77-50(86)48(73-54(87)88)57(3,4)59(67,68)69)25-40-41(60)19-33(20-42(40)61)43-16-17-81(76-43)51(62)63)18-32-8-6-31(7-9-32)10-15-46-71-52(78-21-34-11-12-35(22-78)82(34)38-27-91-28-38)75-53(72-46)79-23-36-13-14-37(24-79)83(36)39-29-92-30-39/h6-9,16-17,19-20,34-39,44-45,47-48,51,73,84H,11-14,18,21-30H2,1-5H3,(H,70,85)(H,74,89)(H,77,86)(H,87,88)/t34-,35+,36?,37?,44-,45-,47+,48+/m0/s1. The first-order valence-corrected chi connectivity index (χ1v) is 29.8. The predicted molar refractivity (Wildman–Crippen MR) is 306 cm³/mol. The molecule has 4 amide bonds. The van der Waals surface area contributed by atoms with Crippen molar-refractivity contribution in [1.82, 2.24) is 60.9 Å². The van der Waals surface area contributed by atoms with Crippen LogP contribution in [0.5, 0.6) is 0 Å². The van der Waals surface area contributed by atoms with Crippen LogP contribution in [0.1, 0.15) is 82.4 Å². The van der Waals surface area contributed by atoms with Gasteiger partial charge in [0.2, 0.25) is 23.6 Å². The number of ether oxygens (including phenoxy) is 3. The van der Waals surface area contributed by atoms with Gasteiger partial charge in [-0.2, -0.15) is 55.2 Å². The Kier molecular flexibility index (Phi) is 19.6. The maximum atomic E-state index is 16.2. The number of methoxy groups -OCH3 is 1. The third-order valence-electron chi connectivity index (χ3n) is 18.3. The van der Waals surface area contributed by atoms with E-state index in [1.807, 2.05) is 10.7 Å². The number of amides is 4. The number of anilines is 2. The first-order valence-electron chi connectivity index (χ1n) is 29.8. The van der Waals surface area contributed by atoms with E-state index >= 15 is 8.78 Å². The van der Waals surface area contributed by atoms with Crippen molar-refractivity contribution in [2.45, 2.75) is 146 Å². The average Bonchev–Trinajstić information content (AvgIpc) is 1.64. The van der Waals surface area contributed by atoms with Gasteiger partial charge in [-0.15, -0.1) is 0 Å². The molecule has 4 aromatic rings. The Morgan fingerprint density at radius 2 is 1.21 bits per heavy atom. The molecule has 6 N–H and O–H groups in total. The number of alkyl carbamates (subject to hydrolysis) is 1. The van der Waals surface area contributed by atoms with Gasteiger partial charge in [-0.25, -0.2) is 28.1 Å². The number of alkyl halides is 8. The van der Waals surface area contributed by atoms with Crippen molar-refractivity contribution < 1.29 is 87.5 Å². The van der Waals surface area contributed by atoms with Crippen LogP contribution in [0.3, 0.4) is 0 Å². The summed E-state index contributed by atoms with van der Waals surface area (Å²) in [5.74, 6) is 1.06. The summed E-state index contributed by atoms with van der Waals surface area (Å²) in [5.41, 5.74) is -5.37. The number of piperazine rings is 2. The Hall–Kier alpha value is -7.64. The van der Waals surface area contributed by atoms with Crippen LogP contribution in [0.25, 0.3) is 11.3 Å². The molecule has 6 aliphatic heterocycles. The molecule has 23 nitrogen and oxygen atoms in total. The van der Waals surface area contributed by atoms with Crippen LogP contribution in [0.2, 0.25) is 0 Å². The van der Waals surface area contributed by atoms with Gasteiger partial charge < -0.3 is 50.2 Å². The topological polar surface area (TPSA) is 257 Å². The number of aromatic nitrogens is 5. The second kappa shape index (κ2) is 26.8. The Morgan fingerprint density at radius 1 is 0.707 bits per heavy atom. The van der Waals surface area contributed by atoms with Gasteiger partial charge >= 0.3 is 31.1 Å². The third-order valence-corrected chi connectivity index (χ3v) is 18.3. The molecule has 33 heteroatoms. The van der Waals surface area contributed by atoms with Crippen molar-refractivity contribution in [2.24, 2.45) is 10.8 Å². The molecule has 0 radical (unpaired) electrons. The number of hydrazine groups is 1. The van der Waals surface area contributed by atoms with Gasteiger partial charge in [-0.1, -0.05) is 18.1 Å². The van der Waals surface area contributed by atoms with Crippen LogP contribution >= 0.6 is 0 Å². The predicted octanol–water partition coefficient (Wildman–Crippen LogP) is 5.37. The van der Waals surface area contributed by atoms with Gasteiger partial charge in [0.05, 0.1) is 74.3 Å². The molecule has 6 fully saturated rings. The molecule has 2 aromatic heterocycles. The first kappa shape index (κ1) is 67.3. The number of rotatable bonds is 21. The number of nitrogens with one attached hydrogen (secondary N) is 4. The van der Waals surface area contributed by atoms with Crippen LogP contribution in [-0.4, -0.2) is 213 Å². The highest BCUT2D eigenvalue weighted by Crippen LogP contribution is 2.43. The van der Waals surface area contributed by atoms with Crippen molar-refractivity contribution in [3.8, 4) is 23.1 Å². The summed E-state index contributed by atoms with van der Waals surface area (Å²) in [4.78, 5) is 77.1.